The van der Waals surface area contributed by atoms with Crippen molar-refractivity contribution in [3.63, 3.8) is 0 Å². The van der Waals surface area contributed by atoms with Crippen molar-refractivity contribution in [3.8, 4) is 165 Å². The van der Waals surface area contributed by atoms with E-state index < -0.39 is 11.4 Å². The summed E-state index contributed by atoms with van der Waals surface area (Å²) in [6.07, 6.45) is 10.2. The third-order valence-electron chi connectivity index (χ3n) is 19.7. The molecule has 1 aromatic carbocycles. The van der Waals surface area contributed by atoms with Gasteiger partial charge < -0.3 is 66.9 Å². The quantitative estimate of drug-likeness (QED) is 0.133. The number of carbonyl (C=O) groups is 1. The van der Waals surface area contributed by atoms with Crippen molar-refractivity contribution in [1.82, 2.24) is 70.7 Å². The first-order valence-corrected chi connectivity index (χ1v) is 41.4. The van der Waals surface area contributed by atoms with Crippen LogP contribution in [0.5, 0.6) is 75.1 Å². The van der Waals surface area contributed by atoms with Crippen LogP contribution in [-0.4, -0.2) is 178 Å². The Morgan fingerprint density at radius 1 is 0.436 bits per heavy atom. The zero-order chi connectivity index (χ0) is 72.5. The molecule has 2 unspecified atom stereocenters. The minimum absolute atomic E-state index is 0.137. The number of ether oxygens (including phenoxy) is 13. The average molecular weight is 1580 g/mol. The van der Waals surface area contributed by atoms with Gasteiger partial charge in [0.05, 0.1) is 144 Å². The minimum Gasteiger partial charge on any atom is -0.492 e. The second kappa shape index (κ2) is 27.5. The Labute approximate surface area is 649 Å². The Bertz CT molecular complexity index is 5760. The number of rotatable bonds is 10. The highest BCUT2D eigenvalue weighted by Crippen LogP contribution is 2.64. The van der Waals surface area contributed by atoms with Crippen LogP contribution in [0.1, 0.15) is 46.6 Å². The highest BCUT2D eigenvalue weighted by molar-refractivity contribution is 8.01. The lowest BCUT2D eigenvalue weighted by Gasteiger charge is -2.37. The standard InChI is InChI=1S/C75H54N15O14S6/c91-49-31-108-47-8-6-37(80-71(47)81-49)50-58(84-88-73-63(50)98-15-16-101-73)53-59(85-89-74-69(53)106-21-19-102-74)52-60(86-90-75-64(52)99-18-22-107-75)54-61(83-56(65-68(54)109-32-103-65)40-25-43-45(29-78-40)96-14-13-95-43)66-67(34-5-7-41-42(24-34)94-12-11-93-41)110-70-57(39-23-33-3-1-9-92-44(33)28-77-39)82-55(36-27-79-87-72-35(36)4-2-10-100-72)51(62(70)104-66)38-26-48-46(30-76-38)97-17-20-105-48/h5-8,23-26,28-30,66-67H,1-4,9-22,31-32H2,(H,80,81,91). The predicted octanol–water partition coefficient (Wildman–Crippen LogP) is 12.2. The van der Waals surface area contributed by atoms with Crippen LogP contribution >= 0.6 is 70.6 Å². The fourth-order valence-electron chi connectivity index (χ4n) is 14.9. The summed E-state index contributed by atoms with van der Waals surface area (Å²) in [4.78, 5) is 49.2. The number of amides is 1. The van der Waals surface area contributed by atoms with E-state index in [9.17, 15) is 4.79 Å². The van der Waals surface area contributed by atoms with Gasteiger partial charge in [-0.2, -0.15) is 0 Å². The highest BCUT2D eigenvalue weighted by atomic mass is 32.2. The highest BCUT2D eigenvalue weighted by Gasteiger charge is 2.47. The van der Waals surface area contributed by atoms with Crippen LogP contribution in [-0.2, 0) is 17.6 Å². The van der Waals surface area contributed by atoms with E-state index in [1.807, 2.05) is 42.5 Å². The molecule has 0 bridgehead atoms. The van der Waals surface area contributed by atoms with E-state index in [-0.39, 0.29) is 72.0 Å². The Balaban J connectivity index is 0.851. The summed E-state index contributed by atoms with van der Waals surface area (Å²) in [7, 11) is 0. The number of nitrogens with one attached hydrogen (secondary N) is 1. The summed E-state index contributed by atoms with van der Waals surface area (Å²) in [5, 5.41) is 42.3. The second-order valence-corrected chi connectivity index (χ2v) is 32.7. The number of aryl methyl sites for hydroxylation is 1. The lowest BCUT2D eigenvalue weighted by Crippen LogP contribution is -2.24. The number of aromatic nitrogens is 14. The molecule has 21 heterocycles. The lowest BCUT2D eigenvalue weighted by atomic mass is 9.92. The number of hydrogen-bond acceptors (Lipinski definition) is 34. The fraction of sp³-hybridized carbons (Fsp3) is 0.293. The molecule has 0 aliphatic carbocycles. The van der Waals surface area contributed by atoms with Gasteiger partial charge in [-0.25, -0.2) is 15.0 Å². The van der Waals surface area contributed by atoms with Gasteiger partial charge in [0, 0.05) is 40.0 Å². The molecule has 22 rings (SSSR count). The van der Waals surface area contributed by atoms with Gasteiger partial charge in [0.15, 0.2) is 57.1 Å². The SMILES string of the molecule is O=C1CSc2ccc(-c3c(-c4c(-c5c(-c6c(C7Oc8c(c(-c9cc%10c(cn9)OCCC%10)nc(-c9[c]nnc%10c9CCCO%10)c8-c8cc9c(cn8)OCCS9)SC7c7ccc8c(c7)OCCO8)nc(-c7cc8c(cn7)OCCO8)c7c6SCO7)nnc6c5OCCS6)nnc5c4SCCO5)nnc4c3OCCO4)nc2N1. The normalized spacial score (nSPS) is 18.5. The van der Waals surface area contributed by atoms with Crippen LogP contribution < -0.4 is 66.9 Å². The number of benzene rings is 1. The van der Waals surface area contributed by atoms with Gasteiger partial charge >= 0.3 is 0 Å². The van der Waals surface area contributed by atoms with E-state index >= 15 is 0 Å². The Morgan fingerprint density at radius 3 is 2.08 bits per heavy atom. The number of pyridine rings is 6. The molecule has 11 aliphatic rings. The van der Waals surface area contributed by atoms with Crippen LogP contribution in [0.3, 0.4) is 0 Å². The van der Waals surface area contributed by atoms with Crippen molar-refractivity contribution in [3.05, 3.63) is 95.7 Å². The van der Waals surface area contributed by atoms with E-state index in [1.165, 1.54) is 58.8 Å². The molecule has 35 heteroatoms. The van der Waals surface area contributed by atoms with Crippen molar-refractivity contribution in [2.45, 2.75) is 66.5 Å². The number of anilines is 1. The van der Waals surface area contributed by atoms with Gasteiger partial charge in [-0.05, 0) is 73.2 Å². The number of hydrogen-bond donors (Lipinski definition) is 1. The van der Waals surface area contributed by atoms with E-state index in [2.05, 4.69) is 27.8 Å². The first-order valence-electron chi connectivity index (χ1n) is 35.6. The van der Waals surface area contributed by atoms with Crippen molar-refractivity contribution >= 4 is 82.3 Å². The van der Waals surface area contributed by atoms with Gasteiger partial charge in [0.25, 0.3) is 5.88 Å². The first kappa shape index (κ1) is 66.4. The van der Waals surface area contributed by atoms with E-state index in [1.54, 1.807) is 30.4 Å². The van der Waals surface area contributed by atoms with Gasteiger partial charge in [-0.3, -0.25) is 19.7 Å². The molecule has 10 aromatic heterocycles. The molecule has 1 amide bonds. The van der Waals surface area contributed by atoms with Crippen molar-refractivity contribution < 1.29 is 66.4 Å². The van der Waals surface area contributed by atoms with Crippen molar-refractivity contribution in [2.75, 3.05) is 107 Å². The third-order valence-corrected chi connectivity index (χ3v) is 26.0. The van der Waals surface area contributed by atoms with Gasteiger partial charge in [0.1, 0.15) is 97.6 Å². The molecular weight excluding hydrogens is 1530 g/mol. The lowest BCUT2D eigenvalue weighted by molar-refractivity contribution is -0.113. The maximum atomic E-state index is 13.1. The topological polar surface area (TPSA) is 330 Å². The zero-order valence-electron chi connectivity index (χ0n) is 57.6. The summed E-state index contributed by atoms with van der Waals surface area (Å²) in [6.45, 7) is 3.88. The summed E-state index contributed by atoms with van der Waals surface area (Å²) >= 11 is 9.05. The van der Waals surface area contributed by atoms with Crippen molar-refractivity contribution in [1.29, 1.82) is 0 Å². The molecule has 0 saturated carbocycles. The molecular formula is C75H54N15O14S6. The van der Waals surface area contributed by atoms with Gasteiger partial charge in [-0.15, -0.1) is 87.8 Å². The van der Waals surface area contributed by atoms with Gasteiger partial charge in [-0.1, -0.05) is 29.6 Å². The number of thioether (sulfide) groups is 6. The number of fused-ring (bicyclic) bond motifs is 11. The molecule has 0 fully saturated rings. The molecule has 110 heavy (non-hydrogen) atoms. The Kier molecular flexibility index (Phi) is 16.6. The molecule has 1 N–H and O–H groups in total. The predicted molar refractivity (Wildman–Crippen MR) is 403 cm³/mol. The molecule has 2 atom stereocenters. The van der Waals surface area contributed by atoms with Crippen LogP contribution in [0.25, 0.3) is 90.3 Å². The number of nitrogens with zero attached hydrogens (tertiary/aromatic N) is 14. The molecule has 0 saturated heterocycles. The van der Waals surface area contributed by atoms with E-state index in [0.717, 1.165) is 39.3 Å². The largest absolute Gasteiger partial charge is 0.492 e. The summed E-state index contributed by atoms with van der Waals surface area (Å²) in [5.41, 5.74) is 9.61. The minimum atomic E-state index is -1.17. The fourth-order valence-corrected chi connectivity index (χ4v) is 20.5. The molecule has 11 aliphatic heterocycles. The van der Waals surface area contributed by atoms with Gasteiger partial charge in [0.2, 0.25) is 17.7 Å². The Morgan fingerprint density at radius 2 is 1.15 bits per heavy atom. The molecule has 11 aromatic rings. The average Bonchev–Trinajstić information content (AvgIpc) is 1.05. The second-order valence-electron chi connectivity index (χ2n) is 26.2. The van der Waals surface area contributed by atoms with E-state index in [0.29, 0.717) is 245 Å². The smallest absolute Gasteiger partial charge is 0.277 e. The molecule has 549 valence electrons. The third kappa shape index (κ3) is 11.4. The monoisotopic (exact) mass is 1580 g/mol. The maximum Gasteiger partial charge on any atom is 0.277 e. The summed E-state index contributed by atoms with van der Waals surface area (Å²) in [5.74, 6) is 7.98. The van der Waals surface area contributed by atoms with E-state index in [4.69, 9.17) is 122 Å². The molecule has 0 spiro atoms. The molecule has 1 radical (unpaired) electrons. The van der Waals surface area contributed by atoms with Crippen LogP contribution in [0, 0.1) is 6.20 Å². The first-order chi connectivity index (χ1) is 54.4. The van der Waals surface area contributed by atoms with Crippen LogP contribution in [0.15, 0.2) is 96.6 Å². The van der Waals surface area contributed by atoms with Crippen molar-refractivity contribution in [2.24, 2.45) is 0 Å². The van der Waals surface area contributed by atoms with Crippen LogP contribution in [0.4, 0.5) is 5.82 Å². The Hall–Kier alpha value is -10.6. The zero-order valence-corrected chi connectivity index (χ0v) is 62.5. The maximum absolute atomic E-state index is 13.1. The summed E-state index contributed by atoms with van der Waals surface area (Å²) in [6, 6.07) is 15.7. The van der Waals surface area contributed by atoms with Crippen LogP contribution in [0.2, 0.25) is 0 Å². The molecule has 29 nitrogen and oxygen atoms in total. The summed E-state index contributed by atoms with van der Waals surface area (Å²) < 4.78 is 85.6. The number of carbonyl (C=O) groups excluding carboxylic acids is 1.